The Morgan fingerprint density at radius 2 is 1.22 bits per heavy atom. The van der Waals surface area contributed by atoms with Crippen LogP contribution in [0.1, 0.15) is 123 Å². The van der Waals surface area contributed by atoms with Gasteiger partial charge >= 0.3 is 11.9 Å². The first kappa shape index (κ1) is 43.3. The van der Waals surface area contributed by atoms with Crippen LogP contribution in [-0.4, -0.2) is 75.5 Å². The van der Waals surface area contributed by atoms with E-state index in [0.717, 1.165) is 57.8 Å². The molecule has 0 saturated carbocycles. The van der Waals surface area contributed by atoms with Crippen molar-refractivity contribution in [3.63, 3.8) is 0 Å². The fourth-order valence-electron chi connectivity index (χ4n) is 4.71. The highest BCUT2D eigenvalue weighted by Gasteiger charge is 2.25. The lowest BCUT2D eigenvalue weighted by Crippen LogP contribution is -2.55. The maximum absolute atomic E-state index is 12.6. The Morgan fingerprint density at radius 1 is 0.674 bits per heavy atom. The molecule has 46 heavy (non-hydrogen) atoms. The predicted molar refractivity (Wildman–Crippen MR) is 185 cm³/mol. The van der Waals surface area contributed by atoms with Gasteiger partial charge < -0.3 is 28.6 Å². The zero-order chi connectivity index (χ0) is 34.3. The molecule has 0 amide bonds. The van der Waals surface area contributed by atoms with Crippen LogP contribution in [0.25, 0.3) is 0 Å². The molecule has 8 nitrogen and oxygen atoms in total. The maximum Gasteiger partial charge on any atom is 0.306 e. The summed E-state index contributed by atoms with van der Waals surface area (Å²) < 4.78 is 16.9. The van der Waals surface area contributed by atoms with Crippen LogP contribution in [0.3, 0.4) is 0 Å². The van der Waals surface area contributed by atoms with E-state index < -0.39 is 18.1 Å². The van der Waals surface area contributed by atoms with Crippen molar-refractivity contribution in [2.75, 3.05) is 41.0 Å². The Hall–Kier alpha value is -2.71. The summed E-state index contributed by atoms with van der Waals surface area (Å²) in [6.07, 6.45) is 31.5. The number of unbranched alkanes of at least 4 members (excludes halogenated alkanes) is 8. The molecule has 264 valence electrons. The Labute approximate surface area is 280 Å². The third kappa shape index (κ3) is 27.6. The summed E-state index contributed by atoms with van der Waals surface area (Å²) in [6.45, 7) is 4.42. The maximum atomic E-state index is 12.6. The molecule has 0 aliphatic rings. The quantitative estimate of drug-likeness (QED) is 0.0352. The highest BCUT2D eigenvalue weighted by molar-refractivity contribution is 5.70. The van der Waals surface area contributed by atoms with Crippen LogP contribution in [-0.2, 0) is 28.6 Å². The smallest absolute Gasteiger partial charge is 0.306 e. The molecule has 0 aliphatic heterocycles. The van der Waals surface area contributed by atoms with Gasteiger partial charge in [0.15, 0.2) is 6.10 Å². The molecular weight excluding hydrogens is 582 g/mol. The van der Waals surface area contributed by atoms with Gasteiger partial charge in [-0.2, -0.15) is 0 Å². The summed E-state index contributed by atoms with van der Waals surface area (Å²) in [6, 6.07) is -0.731. The van der Waals surface area contributed by atoms with Crippen molar-refractivity contribution in [3.8, 4) is 0 Å². The Kier molecular flexibility index (Phi) is 27.9. The zero-order valence-corrected chi connectivity index (χ0v) is 29.7. The molecule has 0 heterocycles. The van der Waals surface area contributed by atoms with Crippen LogP contribution in [0, 0.1) is 0 Å². The summed E-state index contributed by atoms with van der Waals surface area (Å²) >= 11 is 0. The number of carbonyl (C=O) groups excluding carboxylic acids is 3. The first-order valence-corrected chi connectivity index (χ1v) is 17.7. The van der Waals surface area contributed by atoms with Gasteiger partial charge in [0.1, 0.15) is 12.6 Å². The van der Waals surface area contributed by atoms with Crippen LogP contribution in [0.2, 0.25) is 0 Å². The molecule has 8 heteroatoms. The molecule has 0 saturated heterocycles. The monoisotopic (exact) mass is 647 g/mol. The minimum absolute atomic E-state index is 0.0231. The highest BCUT2D eigenvalue weighted by Crippen LogP contribution is 2.11. The second-order valence-corrected chi connectivity index (χ2v) is 12.7. The van der Waals surface area contributed by atoms with Gasteiger partial charge in [0.05, 0.1) is 40.3 Å². The minimum Gasteiger partial charge on any atom is -0.544 e. The first-order valence-electron chi connectivity index (χ1n) is 17.7. The molecule has 2 atom stereocenters. The van der Waals surface area contributed by atoms with Gasteiger partial charge in [0, 0.05) is 19.3 Å². The topological polar surface area (TPSA) is 102 Å². The number of ether oxygens (including phenoxy) is 3. The molecule has 2 unspecified atom stereocenters. The molecule has 0 aromatic heterocycles. The third-order valence-corrected chi connectivity index (χ3v) is 7.48. The van der Waals surface area contributed by atoms with Gasteiger partial charge in [-0.3, -0.25) is 9.59 Å². The summed E-state index contributed by atoms with van der Waals surface area (Å²) in [7, 11) is 5.37. The second kappa shape index (κ2) is 29.7. The van der Waals surface area contributed by atoms with Crippen LogP contribution in [0.5, 0.6) is 0 Å². The van der Waals surface area contributed by atoms with Crippen molar-refractivity contribution >= 4 is 17.9 Å². The van der Waals surface area contributed by atoms with Crippen molar-refractivity contribution in [1.82, 2.24) is 0 Å². The highest BCUT2D eigenvalue weighted by atomic mass is 16.6. The van der Waals surface area contributed by atoms with Crippen molar-refractivity contribution < 1.29 is 38.2 Å². The Morgan fingerprint density at radius 3 is 1.80 bits per heavy atom. The molecule has 0 spiro atoms. The van der Waals surface area contributed by atoms with E-state index in [4.69, 9.17) is 14.2 Å². The molecule has 0 N–H and O–H groups in total. The standard InChI is InChI=1S/C38H65NO7/c1-6-8-10-12-14-15-16-17-18-19-20-21-23-25-27-29-37(41)46-34(32-44-31-30-35(38(42)43)39(3,4)5)33-45-36(40)28-26-24-22-13-11-9-7-2/h8,10,14-15,17-18,20-21,34-35H,6-7,9,11-13,16,19,22-33H2,1-5H3/b10-8-,15-14-,18-17-,21-20-. The number of carboxylic acids is 1. The Bertz CT molecular complexity index is 901. The van der Waals surface area contributed by atoms with E-state index in [1.165, 1.54) is 25.7 Å². The van der Waals surface area contributed by atoms with Crippen LogP contribution >= 0.6 is 0 Å². The Balaban J connectivity index is 4.52. The summed E-state index contributed by atoms with van der Waals surface area (Å²) in [5.74, 6) is -1.81. The number of esters is 2. The van der Waals surface area contributed by atoms with Gasteiger partial charge in [-0.1, -0.05) is 101 Å². The van der Waals surface area contributed by atoms with E-state index in [0.29, 0.717) is 12.8 Å². The lowest BCUT2D eigenvalue weighted by molar-refractivity contribution is -0.889. The fourth-order valence-corrected chi connectivity index (χ4v) is 4.71. The number of carbonyl (C=O) groups is 3. The molecular formula is C38H65NO7. The van der Waals surface area contributed by atoms with E-state index in [2.05, 4.69) is 62.5 Å². The summed E-state index contributed by atoms with van der Waals surface area (Å²) in [5.41, 5.74) is 0. The van der Waals surface area contributed by atoms with E-state index >= 15 is 0 Å². The van der Waals surface area contributed by atoms with Crippen molar-refractivity contribution in [2.45, 2.75) is 135 Å². The second-order valence-electron chi connectivity index (χ2n) is 12.7. The van der Waals surface area contributed by atoms with Crippen LogP contribution < -0.4 is 5.11 Å². The molecule has 0 fully saturated rings. The number of allylic oxidation sites excluding steroid dienone is 8. The van der Waals surface area contributed by atoms with Crippen molar-refractivity contribution in [3.05, 3.63) is 48.6 Å². The lowest BCUT2D eigenvalue weighted by Gasteiger charge is -2.34. The van der Waals surface area contributed by atoms with Gasteiger partial charge in [-0.15, -0.1) is 0 Å². The van der Waals surface area contributed by atoms with Gasteiger partial charge in [-0.05, 0) is 51.4 Å². The summed E-state index contributed by atoms with van der Waals surface area (Å²) in [5, 5.41) is 11.5. The van der Waals surface area contributed by atoms with E-state index in [9.17, 15) is 19.5 Å². The minimum atomic E-state index is -1.14. The molecule has 0 aliphatic carbocycles. The van der Waals surface area contributed by atoms with Crippen molar-refractivity contribution in [1.29, 1.82) is 0 Å². The largest absolute Gasteiger partial charge is 0.544 e. The SMILES string of the molecule is CC/C=C\C/C=C\C/C=C\C/C=C\CCCCC(=O)OC(COCCC(C(=O)[O-])[N+](C)(C)C)COC(=O)CCCCCCCCC. The number of likely N-dealkylation sites (N-methyl/N-ethyl adjacent to an activating group) is 1. The number of carboxylic acid groups (broad SMARTS) is 1. The van der Waals surface area contributed by atoms with Crippen LogP contribution in [0.15, 0.2) is 48.6 Å². The van der Waals surface area contributed by atoms with Gasteiger partial charge in [-0.25, -0.2) is 0 Å². The van der Waals surface area contributed by atoms with Crippen LogP contribution in [0.4, 0.5) is 0 Å². The number of rotatable bonds is 30. The lowest BCUT2D eigenvalue weighted by atomic mass is 10.1. The number of aliphatic carboxylic acids is 1. The van der Waals surface area contributed by atoms with Crippen molar-refractivity contribution in [2.24, 2.45) is 0 Å². The van der Waals surface area contributed by atoms with Gasteiger partial charge in [0.2, 0.25) is 0 Å². The third-order valence-electron chi connectivity index (χ3n) is 7.48. The molecule has 0 rings (SSSR count). The number of nitrogens with zero attached hydrogens (tertiary/aromatic N) is 1. The molecule has 0 aromatic rings. The fraction of sp³-hybridized carbons (Fsp3) is 0.711. The number of quaternary nitrogens is 1. The number of hydrogen-bond donors (Lipinski definition) is 0. The average molecular weight is 648 g/mol. The average Bonchev–Trinajstić information content (AvgIpc) is 3.00. The normalized spacial score (nSPS) is 13.7. The number of hydrogen-bond acceptors (Lipinski definition) is 7. The molecule has 0 radical (unpaired) electrons. The molecule has 0 aromatic carbocycles. The predicted octanol–water partition coefficient (Wildman–Crippen LogP) is 7.18. The van der Waals surface area contributed by atoms with E-state index in [1.807, 2.05) is 0 Å². The first-order chi connectivity index (χ1) is 22.1. The van der Waals surface area contributed by atoms with E-state index in [1.54, 1.807) is 21.1 Å². The summed E-state index contributed by atoms with van der Waals surface area (Å²) in [4.78, 5) is 36.4. The zero-order valence-electron chi connectivity index (χ0n) is 29.7. The molecule has 0 bridgehead atoms. The van der Waals surface area contributed by atoms with Gasteiger partial charge in [0.25, 0.3) is 0 Å². The van der Waals surface area contributed by atoms with E-state index in [-0.39, 0.29) is 49.1 Å².